The molecule has 23 heavy (non-hydrogen) atoms. The number of carboxylic acid groups (broad SMARTS) is 1. The summed E-state index contributed by atoms with van der Waals surface area (Å²) in [5, 5.41) is 9.05. The lowest BCUT2D eigenvalue weighted by molar-refractivity contribution is 0.142. The van der Waals surface area contributed by atoms with E-state index in [2.05, 4.69) is 22.8 Å². The molecule has 2 aliphatic rings. The highest BCUT2D eigenvalue weighted by molar-refractivity contribution is 5.74. The Balaban J connectivity index is 1.72. The predicted molar refractivity (Wildman–Crippen MR) is 93.3 cm³/mol. The van der Waals surface area contributed by atoms with Gasteiger partial charge in [0.15, 0.2) is 0 Å². The van der Waals surface area contributed by atoms with Crippen LogP contribution in [0.5, 0.6) is 0 Å². The van der Waals surface area contributed by atoms with Crippen LogP contribution in [0.3, 0.4) is 0 Å². The molecule has 0 saturated carbocycles. The Morgan fingerprint density at radius 1 is 1.09 bits per heavy atom. The zero-order chi connectivity index (χ0) is 16.4. The van der Waals surface area contributed by atoms with Crippen LogP contribution in [0.2, 0.25) is 0 Å². The van der Waals surface area contributed by atoms with Crippen molar-refractivity contribution in [2.75, 3.05) is 54.8 Å². The smallest absolute Gasteiger partial charge is 0.407 e. The summed E-state index contributed by atoms with van der Waals surface area (Å²) in [4.78, 5) is 17.1. The van der Waals surface area contributed by atoms with Crippen LogP contribution in [0, 0.1) is 5.92 Å². The Labute approximate surface area is 137 Å². The molecule has 1 amide bonds. The molecule has 0 aliphatic carbocycles. The molecule has 0 spiro atoms. The second-order valence-corrected chi connectivity index (χ2v) is 6.67. The Kier molecular flexibility index (Phi) is 4.50. The van der Waals surface area contributed by atoms with Crippen molar-refractivity contribution in [1.29, 1.82) is 0 Å². The van der Waals surface area contributed by atoms with Crippen molar-refractivity contribution in [2.24, 2.45) is 5.92 Å². The first-order valence-electron chi connectivity index (χ1n) is 8.42. The van der Waals surface area contributed by atoms with Gasteiger partial charge in [-0.15, -0.1) is 0 Å². The summed E-state index contributed by atoms with van der Waals surface area (Å²) in [6.45, 7) is 6.98. The fraction of sp³-hybridized carbons (Fsp3) is 0.588. The van der Waals surface area contributed by atoms with Gasteiger partial charge in [0, 0.05) is 45.0 Å². The molecule has 2 fully saturated rings. The number of nitrogen functional groups attached to an aromatic ring is 1. The van der Waals surface area contributed by atoms with E-state index in [1.54, 1.807) is 0 Å². The summed E-state index contributed by atoms with van der Waals surface area (Å²) >= 11 is 0. The minimum absolute atomic E-state index is 0.552. The molecule has 0 unspecified atom stereocenters. The van der Waals surface area contributed by atoms with Crippen molar-refractivity contribution in [2.45, 2.75) is 19.8 Å². The maximum Gasteiger partial charge on any atom is 0.407 e. The van der Waals surface area contributed by atoms with E-state index >= 15 is 0 Å². The topological polar surface area (TPSA) is 73.0 Å². The van der Waals surface area contributed by atoms with Crippen LogP contribution in [-0.2, 0) is 0 Å². The van der Waals surface area contributed by atoms with Gasteiger partial charge in [-0.1, -0.05) is 6.92 Å². The molecule has 0 bridgehead atoms. The average Bonchev–Trinajstić information content (AvgIpc) is 2.56. The normalized spacial score (nSPS) is 20.0. The predicted octanol–water partition coefficient (Wildman–Crippen LogP) is 2.31. The Bertz CT molecular complexity index is 562. The number of hydrogen-bond donors (Lipinski definition) is 2. The first-order valence-corrected chi connectivity index (χ1v) is 8.42. The van der Waals surface area contributed by atoms with Crippen LogP contribution in [0.25, 0.3) is 0 Å². The van der Waals surface area contributed by atoms with Gasteiger partial charge < -0.3 is 25.5 Å². The lowest BCUT2D eigenvalue weighted by Gasteiger charge is -2.36. The summed E-state index contributed by atoms with van der Waals surface area (Å²) in [6.07, 6.45) is 1.59. The van der Waals surface area contributed by atoms with Crippen LogP contribution in [-0.4, -0.2) is 55.4 Å². The fourth-order valence-corrected chi connectivity index (χ4v) is 3.41. The SMILES string of the molecule is CC1CCN(c2cc(N3CCN(C(=O)O)CC3)ccc2N)CC1. The summed E-state index contributed by atoms with van der Waals surface area (Å²) < 4.78 is 0. The van der Waals surface area contributed by atoms with Crippen molar-refractivity contribution in [1.82, 2.24) is 4.90 Å². The molecule has 2 aliphatic heterocycles. The summed E-state index contributed by atoms with van der Waals surface area (Å²) in [7, 11) is 0. The van der Waals surface area contributed by atoms with E-state index < -0.39 is 6.09 Å². The van der Waals surface area contributed by atoms with Crippen molar-refractivity contribution >= 4 is 23.2 Å². The molecule has 2 heterocycles. The number of piperidine rings is 1. The number of amides is 1. The molecule has 6 heteroatoms. The quantitative estimate of drug-likeness (QED) is 0.819. The highest BCUT2D eigenvalue weighted by Crippen LogP contribution is 2.32. The fourth-order valence-electron chi connectivity index (χ4n) is 3.41. The number of anilines is 3. The molecule has 6 nitrogen and oxygen atoms in total. The van der Waals surface area contributed by atoms with Gasteiger partial charge in [-0.2, -0.15) is 0 Å². The molecule has 1 aromatic rings. The van der Waals surface area contributed by atoms with Crippen molar-refractivity contribution in [3.05, 3.63) is 18.2 Å². The molecule has 2 saturated heterocycles. The van der Waals surface area contributed by atoms with Crippen molar-refractivity contribution in [3.63, 3.8) is 0 Å². The third-order valence-electron chi connectivity index (χ3n) is 5.05. The van der Waals surface area contributed by atoms with E-state index in [1.165, 1.54) is 17.7 Å². The molecule has 3 N–H and O–H groups in total. The van der Waals surface area contributed by atoms with Crippen LogP contribution in [0.15, 0.2) is 18.2 Å². The van der Waals surface area contributed by atoms with Gasteiger partial charge in [0.05, 0.1) is 11.4 Å². The molecule has 0 aromatic heterocycles. The minimum atomic E-state index is -0.829. The standard InChI is InChI=1S/C17H26N4O2/c1-13-4-6-20(7-5-13)16-12-14(2-3-15(16)18)19-8-10-21(11-9-19)17(22)23/h2-3,12-13H,4-11,18H2,1H3,(H,22,23). The van der Waals surface area contributed by atoms with Gasteiger partial charge in [-0.05, 0) is 37.0 Å². The zero-order valence-corrected chi connectivity index (χ0v) is 13.7. The van der Waals surface area contributed by atoms with Crippen LogP contribution >= 0.6 is 0 Å². The number of nitrogens with two attached hydrogens (primary N) is 1. The summed E-state index contributed by atoms with van der Waals surface area (Å²) in [5.41, 5.74) is 9.28. The van der Waals surface area contributed by atoms with Crippen molar-refractivity contribution < 1.29 is 9.90 Å². The minimum Gasteiger partial charge on any atom is -0.465 e. The van der Waals surface area contributed by atoms with Crippen molar-refractivity contribution in [3.8, 4) is 0 Å². The zero-order valence-electron chi connectivity index (χ0n) is 13.7. The highest BCUT2D eigenvalue weighted by atomic mass is 16.4. The number of nitrogens with zero attached hydrogens (tertiary/aromatic N) is 3. The highest BCUT2D eigenvalue weighted by Gasteiger charge is 2.22. The van der Waals surface area contributed by atoms with E-state index in [0.717, 1.165) is 49.2 Å². The number of carbonyl (C=O) groups is 1. The molecule has 0 atom stereocenters. The van der Waals surface area contributed by atoms with Gasteiger partial charge in [0.2, 0.25) is 0 Å². The molecule has 1 aromatic carbocycles. The third-order valence-corrected chi connectivity index (χ3v) is 5.05. The largest absolute Gasteiger partial charge is 0.465 e. The maximum absolute atomic E-state index is 11.0. The summed E-state index contributed by atoms with van der Waals surface area (Å²) in [5.74, 6) is 0.791. The van der Waals surface area contributed by atoms with Gasteiger partial charge >= 0.3 is 6.09 Å². The maximum atomic E-state index is 11.0. The monoisotopic (exact) mass is 318 g/mol. The average molecular weight is 318 g/mol. The van der Waals surface area contributed by atoms with Crippen LogP contribution in [0.1, 0.15) is 19.8 Å². The van der Waals surface area contributed by atoms with E-state index in [9.17, 15) is 4.79 Å². The molecular weight excluding hydrogens is 292 g/mol. The third kappa shape index (κ3) is 3.46. The van der Waals surface area contributed by atoms with Gasteiger partial charge in [-0.3, -0.25) is 0 Å². The lowest BCUT2D eigenvalue weighted by atomic mass is 9.98. The van der Waals surface area contributed by atoms with Gasteiger partial charge in [-0.25, -0.2) is 4.79 Å². The molecule has 0 radical (unpaired) electrons. The molecular formula is C17H26N4O2. The second kappa shape index (κ2) is 6.56. The van der Waals surface area contributed by atoms with Gasteiger partial charge in [0.25, 0.3) is 0 Å². The first-order chi connectivity index (χ1) is 11.0. The number of benzene rings is 1. The molecule has 126 valence electrons. The Hall–Kier alpha value is -2.11. The number of piperazine rings is 1. The number of hydrogen-bond acceptors (Lipinski definition) is 4. The lowest BCUT2D eigenvalue weighted by Crippen LogP contribution is -2.48. The molecule has 3 rings (SSSR count). The van der Waals surface area contributed by atoms with Crippen LogP contribution < -0.4 is 15.5 Å². The second-order valence-electron chi connectivity index (χ2n) is 6.67. The van der Waals surface area contributed by atoms with E-state index in [4.69, 9.17) is 10.8 Å². The van der Waals surface area contributed by atoms with Gasteiger partial charge in [0.1, 0.15) is 0 Å². The first kappa shape index (κ1) is 15.8. The van der Waals surface area contributed by atoms with E-state index in [1.807, 2.05) is 12.1 Å². The van der Waals surface area contributed by atoms with Crippen LogP contribution in [0.4, 0.5) is 21.9 Å². The Morgan fingerprint density at radius 3 is 2.35 bits per heavy atom. The summed E-state index contributed by atoms with van der Waals surface area (Å²) in [6, 6.07) is 6.19. The van der Waals surface area contributed by atoms with E-state index in [0.29, 0.717) is 13.1 Å². The van der Waals surface area contributed by atoms with E-state index in [-0.39, 0.29) is 0 Å². The number of rotatable bonds is 2. The Morgan fingerprint density at radius 2 is 1.74 bits per heavy atom.